The van der Waals surface area contributed by atoms with Gasteiger partial charge in [-0.1, -0.05) is 151 Å². The van der Waals surface area contributed by atoms with Crippen LogP contribution < -0.4 is 10.6 Å². The molecule has 206 valence electrons. The summed E-state index contributed by atoms with van der Waals surface area (Å²) in [6.07, 6.45) is 1.81. The third kappa shape index (κ3) is 5.04. The standard InChI is InChI=1S/C37H41O2P/c1-35(2)25-36(3,4)33(37(5,6)26-35)34(38)40(39,29-21-14-9-15-22-29)31-24-16-23-30(27-17-10-7-11-18-27)32(31)28-19-12-8-13-20-28/h7-24,33H,25-26H2,1-6H3. The van der Waals surface area contributed by atoms with Gasteiger partial charge in [0, 0.05) is 22.1 Å². The Morgan fingerprint density at radius 2 is 1.10 bits per heavy atom. The van der Waals surface area contributed by atoms with Crippen LogP contribution in [-0.4, -0.2) is 5.52 Å². The van der Waals surface area contributed by atoms with Crippen molar-refractivity contribution in [1.82, 2.24) is 0 Å². The Bertz CT molecular complexity index is 1530. The zero-order valence-electron chi connectivity index (χ0n) is 24.6. The quantitative estimate of drug-likeness (QED) is 0.225. The first-order valence-corrected chi connectivity index (χ1v) is 16.0. The molecule has 1 fully saturated rings. The molecule has 1 saturated carbocycles. The first-order chi connectivity index (χ1) is 18.9. The predicted octanol–water partition coefficient (Wildman–Crippen LogP) is 9.35. The number of hydrogen-bond acceptors (Lipinski definition) is 2. The number of benzene rings is 4. The van der Waals surface area contributed by atoms with E-state index in [4.69, 9.17) is 0 Å². The summed E-state index contributed by atoms with van der Waals surface area (Å²) in [6.45, 7) is 13.4. The highest BCUT2D eigenvalue weighted by Crippen LogP contribution is 2.63. The number of carbonyl (C=O) groups is 1. The number of rotatable bonds is 6. The van der Waals surface area contributed by atoms with Crippen LogP contribution in [0.1, 0.15) is 54.4 Å². The van der Waals surface area contributed by atoms with Crippen LogP contribution in [0.2, 0.25) is 0 Å². The van der Waals surface area contributed by atoms with Gasteiger partial charge in [0.05, 0.1) is 0 Å². The summed E-state index contributed by atoms with van der Waals surface area (Å²) in [5.41, 5.74) is 3.22. The fourth-order valence-electron chi connectivity index (χ4n) is 8.23. The predicted molar refractivity (Wildman–Crippen MR) is 170 cm³/mol. The molecule has 0 saturated heterocycles. The summed E-state index contributed by atoms with van der Waals surface area (Å²) in [4.78, 5) is 15.2. The van der Waals surface area contributed by atoms with Crippen LogP contribution in [0.4, 0.5) is 0 Å². The van der Waals surface area contributed by atoms with E-state index < -0.39 is 7.14 Å². The van der Waals surface area contributed by atoms with E-state index >= 15 is 9.36 Å². The first-order valence-electron chi connectivity index (χ1n) is 14.3. The molecule has 2 nitrogen and oxygen atoms in total. The molecule has 3 heteroatoms. The van der Waals surface area contributed by atoms with Gasteiger partial charge in [0.1, 0.15) is 0 Å². The summed E-state index contributed by atoms with van der Waals surface area (Å²) in [5.74, 6) is -0.358. The molecule has 1 unspecified atom stereocenters. The van der Waals surface area contributed by atoms with Gasteiger partial charge in [0.15, 0.2) is 0 Å². The van der Waals surface area contributed by atoms with Crippen LogP contribution in [0.3, 0.4) is 0 Å². The topological polar surface area (TPSA) is 34.1 Å². The van der Waals surface area contributed by atoms with Crippen LogP contribution >= 0.6 is 7.14 Å². The molecular weight excluding hydrogens is 507 g/mol. The van der Waals surface area contributed by atoms with Gasteiger partial charge >= 0.3 is 0 Å². The third-order valence-corrected chi connectivity index (χ3v) is 11.6. The maximum absolute atomic E-state index is 16.0. The molecule has 1 aliphatic carbocycles. The van der Waals surface area contributed by atoms with Gasteiger partial charge in [-0.3, -0.25) is 4.79 Å². The second-order valence-corrected chi connectivity index (χ2v) is 16.3. The Balaban J connectivity index is 1.83. The molecule has 0 N–H and O–H groups in total. The Kier molecular flexibility index (Phi) is 7.30. The lowest BCUT2D eigenvalue weighted by atomic mass is 9.51. The van der Waals surface area contributed by atoms with E-state index in [0.717, 1.165) is 35.1 Å². The Hall–Kier alpha value is -3.22. The van der Waals surface area contributed by atoms with Crippen LogP contribution in [0.15, 0.2) is 109 Å². The molecule has 0 bridgehead atoms. The van der Waals surface area contributed by atoms with Crippen LogP contribution in [-0.2, 0) is 9.36 Å². The van der Waals surface area contributed by atoms with E-state index in [0.29, 0.717) is 10.6 Å². The van der Waals surface area contributed by atoms with Crippen molar-refractivity contribution in [3.8, 4) is 22.3 Å². The molecule has 4 aromatic carbocycles. The van der Waals surface area contributed by atoms with Crippen molar-refractivity contribution in [2.45, 2.75) is 54.4 Å². The van der Waals surface area contributed by atoms with Gasteiger partial charge in [-0.25, -0.2) is 0 Å². The van der Waals surface area contributed by atoms with Gasteiger partial charge in [-0.2, -0.15) is 0 Å². The lowest BCUT2D eigenvalue weighted by molar-refractivity contribution is -0.132. The zero-order valence-corrected chi connectivity index (χ0v) is 25.5. The summed E-state index contributed by atoms with van der Waals surface area (Å²) < 4.78 is 16.0. The van der Waals surface area contributed by atoms with Crippen molar-refractivity contribution in [2.24, 2.45) is 22.2 Å². The fraction of sp³-hybridized carbons (Fsp3) is 0.324. The van der Waals surface area contributed by atoms with E-state index in [-0.39, 0.29) is 27.7 Å². The smallest absolute Gasteiger partial charge is 0.206 e. The zero-order chi connectivity index (χ0) is 28.8. The van der Waals surface area contributed by atoms with Crippen molar-refractivity contribution in [3.63, 3.8) is 0 Å². The van der Waals surface area contributed by atoms with E-state index in [2.05, 4.69) is 71.9 Å². The van der Waals surface area contributed by atoms with Gasteiger partial charge in [0.25, 0.3) is 0 Å². The van der Waals surface area contributed by atoms with Crippen molar-refractivity contribution >= 4 is 23.3 Å². The van der Waals surface area contributed by atoms with Crippen LogP contribution in [0.5, 0.6) is 0 Å². The molecule has 0 aliphatic heterocycles. The molecule has 0 radical (unpaired) electrons. The lowest BCUT2D eigenvalue weighted by Gasteiger charge is -2.55. The van der Waals surface area contributed by atoms with Crippen molar-refractivity contribution in [2.75, 3.05) is 0 Å². The van der Waals surface area contributed by atoms with Crippen molar-refractivity contribution < 1.29 is 9.36 Å². The fourth-order valence-corrected chi connectivity index (χ4v) is 11.5. The molecule has 5 rings (SSSR count). The average molecular weight is 549 g/mol. The van der Waals surface area contributed by atoms with Crippen molar-refractivity contribution in [3.05, 3.63) is 109 Å². The second kappa shape index (κ2) is 10.3. The Labute approximate surface area is 240 Å². The van der Waals surface area contributed by atoms with E-state index in [1.807, 2.05) is 78.9 Å². The molecule has 4 aromatic rings. The monoisotopic (exact) mass is 548 g/mol. The SMILES string of the molecule is CC1(C)CC(C)(C)C(C(=O)P(=O)(c2ccccc2)c2cccc(-c3ccccc3)c2-c2ccccc2)C(C)(C)C1. The van der Waals surface area contributed by atoms with Gasteiger partial charge in [-0.15, -0.1) is 0 Å². The Morgan fingerprint density at radius 1 is 0.625 bits per heavy atom. The highest BCUT2D eigenvalue weighted by Gasteiger charge is 2.57. The summed E-state index contributed by atoms with van der Waals surface area (Å²) in [6, 6.07) is 35.8. The molecule has 0 amide bonds. The largest absolute Gasteiger partial charge is 0.306 e. The minimum absolute atomic E-state index is 0.100. The van der Waals surface area contributed by atoms with Gasteiger partial charge in [-0.05, 0) is 45.8 Å². The van der Waals surface area contributed by atoms with Crippen LogP contribution in [0, 0.1) is 22.2 Å². The Morgan fingerprint density at radius 3 is 1.62 bits per heavy atom. The van der Waals surface area contributed by atoms with E-state index in [1.165, 1.54) is 0 Å². The molecule has 0 aromatic heterocycles. The van der Waals surface area contributed by atoms with E-state index in [9.17, 15) is 0 Å². The average Bonchev–Trinajstić information content (AvgIpc) is 2.91. The second-order valence-electron chi connectivity index (χ2n) is 13.6. The molecule has 0 spiro atoms. The summed E-state index contributed by atoms with van der Waals surface area (Å²) in [5, 5.41) is 1.24. The third-order valence-electron chi connectivity index (χ3n) is 8.64. The summed E-state index contributed by atoms with van der Waals surface area (Å²) in [7, 11) is -3.77. The highest BCUT2D eigenvalue weighted by atomic mass is 31.2. The minimum atomic E-state index is -3.77. The van der Waals surface area contributed by atoms with Gasteiger partial charge < -0.3 is 4.57 Å². The first kappa shape index (κ1) is 28.3. The minimum Gasteiger partial charge on any atom is -0.306 e. The maximum Gasteiger partial charge on any atom is 0.206 e. The molecule has 0 heterocycles. The van der Waals surface area contributed by atoms with Gasteiger partial charge in [0.2, 0.25) is 12.7 Å². The molecular formula is C37H41O2P. The van der Waals surface area contributed by atoms with E-state index in [1.54, 1.807) is 0 Å². The highest BCUT2D eigenvalue weighted by molar-refractivity contribution is 7.93. The number of carbonyl (C=O) groups excluding carboxylic acids is 1. The molecule has 1 atom stereocenters. The lowest BCUT2D eigenvalue weighted by Crippen LogP contribution is -2.51. The van der Waals surface area contributed by atoms with Crippen LogP contribution in [0.25, 0.3) is 22.3 Å². The molecule has 40 heavy (non-hydrogen) atoms. The normalized spacial score (nSPS) is 19.4. The number of hydrogen-bond donors (Lipinski definition) is 0. The van der Waals surface area contributed by atoms with Crippen molar-refractivity contribution in [1.29, 1.82) is 0 Å². The summed E-state index contributed by atoms with van der Waals surface area (Å²) >= 11 is 0. The molecule has 1 aliphatic rings. The maximum atomic E-state index is 16.0.